The number of nitrogens with one attached hydrogen (secondary N) is 1. The van der Waals surface area contributed by atoms with E-state index in [9.17, 15) is 9.59 Å². The van der Waals surface area contributed by atoms with Crippen molar-refractivity contribution < 1.29 is 14.3 Å². The summed E-state index contributed by atoms with van der Waals surface area (Å²) in [5.41, 5.74) is 5.14. The molecule has 0 unspecified atom stereocenters. The van der Waals surface area contributed by atoms with Crippen molar-refractivity contribution in [1.82, 2.24) is 0 Å². The molecular formula is C27H28N2O3. The number of hydrogen-bond donors (Lipinski definition) is 1. The standard InChI is InChI=1S/C27H28N2O3/c1-4-20-6-10-23(11-7-20)29-17-21(16-26(29)30)27(31)28-22-8-13-24(14-9-22)32-25-12-5-18(2)19(3)15-25/h5-15,21H,4,16-17H2,1-3H3,(H,28,31)/t21-/m0/s1. The van der Waals surface area contributed by atoms with E-state index < -0.39 is 0 Å². The summed E-state index contributed by atoms with van der Waals surface area (Å²) in [6.07, 6.45) is 1.17. The van der Waals surface area contributed by atoms with Crippen molar-refractivity contribution >= 4 is 23.2 Å². The highest BCUT2D eigenvalue weighted by Crippen LogP contribution is 2.28. The summed E-state index contributed by atoms with van der Waals surface area (Å²) in [4.78, 5) is 26.9. The van der Waals surface area contributed by atoms with Gasteiger partial charge in [-0.1, -0.05) is 25.1 Å². The average molecular weight is 429 g/mol. The molecule has 3 aromatic carbocycles. The van der Waals surface area contributed by atoms with Gasteiger partial charge in [0.05, 0.1) is 5.92 Å². The van der Waals surface area contributed by atoms with Crippen LogP contribution in [0.2, 0.25) is 0 Å². The number of ether oxygens (including phenoxy) is 1. The lowest BCUT2D eigenvalue weighted by Crippen LogP contribution is -2.28. The largest absolute Gasteiger partial charge is 0.457 e. The van der Waals surface area contributed by atoms with E-state index in [1.54, 1.807) is 4.90 Å². The van der Waals surface area contributed by atoms with Gasteiger partial charge in [0.25, 0.3) is 0 Å². The Kier molecular flexibility index (Phi) is 6.26. The van der Waals surface area contributed by atoms with Crippen molar-refractivity contribution in [2.75, 3.05) is 16.8 Å². The van der Waals surface area contributed by atoms with Crippen LogP contribution < -0.4 is 15.0 Å². The van der Waals surface area contributed by atoms with Gasteiger partial charge in [-0.15, -0.1) is 0 Å². The SMILES string of the molecule is CCc1ccc(N2C[C@@H](C(=O)Nc3ccc(Oc4ccc(C)c(C)c4)cc3)CC2=O)cc1. The molecule has 0 aromatic heterocycles. The van der Waals surface area contributed by atoms with E-state index in [2.05, 4.69) is 26.1 Å². The number of aryl methyl sites for hydroxylation is 3. The van der Waals surface area contributed by atoms with Gasteiger partial charge in [-0.25, -0.2) is 0 Å². The minimum Gasteiger partial charge on any atom is -0.457 e. The number of carbonyl (C=O) groups excluding carboxylic acids is 2. The molecular weight excluding hydrogens is 400 g/mol. The van der Waals surface area contributed by atoms with Gasteiger partial charge in [0.15, 0.2) is 0 Å². The summed E-state index contributed by atoms with van der Waals surface area (Å²) in [5.74, 6) is 0.936. The number of hydrogen-bond acceptors (Lipinski definition) is 3. The number of rotatable bonds is 6. The van der Waals surface area contributed by atoms with Crippen LogP contribution in [0.3, 0.4) is 0 Å². The summed E-state index contributed by atoms with van der Waals surface area (Å²) in [6.45, 7) is 6.61. The minimum atomic E-state index is -0.375. The maximum Gasteiger partial charge on any atom is 0.229 e. The molecule has 1 N–H and O–H groups in total. The smallest absolute Gasteiger partial charge is 0.229 e. The lowest BCUT2D eigenvalue weighted by atomic mass is 10.1. The molecule has 1 aliphatic heterocycles. The summed E-state index contributed by atoms with van der Waals surface area (Å²) < 4.78 is 5.90. The van der Waals surface area contributed by atoms with E-state index in [1.807, 2.05) is 66.7 Å². The molecule has 2 amide bonds. The Balaban J connectivity index is 1.36. The summed E-state index contributed by atoms with van der Waals surface area (Å²) >= 11 is 0. The summed E-state index contributed by atoms with van der Waals surface area (Å²) in [6, 6.07) is 21.2. The second-order valence-corrected chi connectivity index (χ2v) is 8.29. The molecule has 4 rings (SSSR count). The normalized spacial score (nSPS) is 15.7. The third kappa shape index (κ3) is 4.83. The van der Waals surface area contributed by atoms with Crippen LogP contribution in [0, 0.1) is 19.8 Å². The number of nitrogens with zero attached hydrogens (tertiary/aromatic N) is 1. The first kappa shape index (κ1) is 21.6. The molecule has 1 heterocycles. The first-order valence-electron chi connectivity index (χ1n) is 11.0. The lowest BCUT2D eigenvalue weighted by molar-refractivity contribution is -0.122. The van der Waals surface area contributed by atoms with E-state index in [0.717, 1.165) is 17.9 Å². The number of carbonyl (C=O) groups is 2. The molecule has 1 saturated heterocycles. The van der Waals surface area contributed by atoms with E-state index >= 15 is 0 Å². The zero-order chi connectivity index (χ0) is 22.7. The summed E-state index contributed by atoms with van der Waals surface area (Å²) in [7, 11) is 0. The van der Waals surface area contributed by atoms with Crippen molar-refractivity contribution in [3.8, 4) is 11.5 Å². The fourth-order valence-corrected chi connectivity index (χ4v) is 3.81. The monoisotopic (exact) mass is 428 g/mol. The molecule has 0 aliphatic carbocycles. The number of benzene rings is 3. The zero-order valence-electron chi connectivity index (χ0n) is 18.7. The third-order valence-corrected chi connectivity index (χ3v) is 5.99. The van der Waals surface area contributed by atoms with Crippen LogP contribution in [0.1, 0.15) is 30.0 Å². The Bertz CT molecular complexity index is 1120. The van der Waals surface area contributed by atoms with Gasteiger partial charge in [-0.3, -0.25) is 9.59 Å². The first-order chi connectivity index (χ1) is 15.4. The fraction of sp³-hybridized carbons (Fsp3) is 0.259. The molecule has 0 spiro atoms. The molecule has 0 radical (unpaired) electrons. The van der Waals surface area contributed by atoms with Gasteiger partial charge in [0, 0.05) is 24.3 Å². The predicted molar refractivity (Wildman–Crippen MR) is 127 cm³/mol. The highest BCUT2D eigenvalue weighted by molar-refractivity contribution is 6.03. The fourth-order valence-electron chi connectivity index (χ4n) is 3.81. The highest BCUT2D eigenvalue weighted by atomic mass is 16.5. The van der Waals surface area contributed by atoms with Crippen LogP contribution in [0.4, 0.5) is 11.4 Å². The predicted octanol–water partition coefficient (Wildman–Crippen LogP) is 5.65. The van der Waals surface area contributed by atoms with E-state index in [1.165, 1.54) is 16.7 Å². The number of anilines is 2. The lowest BCUT2D eigenvalue weighted by Gasteiger charge is -2.17. The molecule has 1 fully saturated rings. The van der Waals surface area contributed by atoms with E-state index in [-0.39, 0.29) is 24.2 Å². The van der Waals surface area contributed by atoms with Crippen LogP contribution in [-0.4, -0.2) is 18.4 Å². The Labute approximate surface area is 189 Å². The Morgan fingerprint density at radius 1 is 0.969 bits per heavy atom. The molecule has 0 saturated carbocycles. The van der Waals surface area contributed by atoms with Gasteiger partial charge in [0.1, 0.15) is 11.5 Å². The molecule has 164 valence electrons. The second-order valence-electron chi connectivity index (χ2n) is 8.29. The van der Waals surface area contributed by atoms with Crippen molar-refractivity contribution in [2.24, 2.45) is 5.92 Å². The van der Waals surface area contributed by atoms with Gasteiger partial charge in [0.2, 0.25) is 11.8 Å². The molecule has 32 heavy (non-hydrogen) atoms. The molecule has 5 heteroatoms. The Hall–Kier alpha value is -3.60. The van der Waals surface area contributed by atoms with Gasteiger partial charge < -0.3 is 15.0 Å². The van der Waals surface area contributed by atoms with E-state index in [4.69, 9.17) is 4.74 Å². The topological polar surface area (TPSA) is 58.6 Å². The molecule has 5 nitrogen and oxygen atoms in total. The van der Waals surface area contributed by atoms with Crippen molar-refractivity contribution in [1.29, 1.82) is 0 Å². The Morgan fingerprint density at radius 3 is 2.31 bits per heavy atom. The zero-order valence-corrected chi connectivity index (χ0v) is 18.7. The van der Waals surface area contributed by atoms with Crippen molar-refractivity contribution in [3.63, 3.8) is 0 Å². The van der Waals surface area contributed by atoms with Gasteiger partial charge in [-0.2, -0.15) is 0 Å². The minimum absolute atomic E-state index is 0.0217. The molecule has 3 aromatic rings. The van der Waals surface area contributed by atoms with Crippen molar-refractivity contribution in [3.05, 3.63) is 83.4 Å². The van der Waals surface area contributed by atoms with Gasteiger partial charge >= 0.3 is 0 Å². The molecule has 0 bridgehead atoms. The summed E-state index contributed by atoms with van der Waals surface area (Å²) in [5, 5.41) is 2.93. The highest BCUT2D eigenvalue weighted by Gasteiger charge is 2.35. The van der Waals surface area contributed by atoms with Crippen LogP contribution in [0.15, 0.2) is 66.7 Å². The van der Waals surface area contributed by atoms with E-state index in [0.29, 0.717) is 18.0 Å². The third-order valence-electron chi connectivity index (χ3n) is 5.99. The molecule has 1 atom stereocenters. The second kappa shape index (κ2) is 9.27. The van der Waals surface area contributed by atoms with Crippen molar-refractivity contribution in [2.45, 2.75) is 33.6 Å². The average Bonchev–Trinajstić information content (AvgIpc) is 3.19. The molecule has 1 aliphatic rings. The van der Waals surface area contributed by atoms with Crippen LogP contribution in [0.5, 0.6) is 11.5 Å². The maximum absolute atomic E-state index is 12.8. The number of amides is 2. The van der Waals surface area contributed by atoms with Crippen LogP contribution >= 0.6 is 0 Å². The van der Waals surface area contributed by atoms with Crippen LogP contribution in [-0.2, 0) is 16.0 Å². The first-order valence-corrected chi connectivity index (χ1v) is 11.0. The maximum atomic E-state index is 12.8. The Morgan fingerprint density at radius 2 is 1.66 bits per heavy atom. The van der Waals surface area contributed by atoms with Gasteiger partial charge in [-0.05, 0) is 85.5 Å². The quantitative estimate of drug-likeness (QED) is 0.552. The van der Waals surface area contributed by atoms with Crippen LogP contribution in [0.25, 0.3) is 0 Å².